The van der Waals surface area contributed by atoms with Crippen LogP contribution in [0.1, 0.15) is 73.3 Å². The lowest BCUT2D eigenvalue weighted by Gasteiger charge is -2.45. The third kappa shape index (κ3) is 8.68. The predicted octanol–water partition coefficient (Wildman–Crippen LogP) is 4.11. The van der Waals surface area contributed by atoms with E-state index < -0.39 is 90.3 Å². The molecule has 3 saturated heterocycles. The van der Waals surface area contributed by atoms with Crippen molar-refractivity contribution in [1.29, 1.82) is 0 Å². The number of cyclic esters (lactones) is 1. The zero-order chi connectivity index (χ0) is 39.5. The first-order valence-electron chi connectivity index (χ1n) is 19.0. The number of carbonyl (C=O) groups excluding carboxylic acids is 4. The summed E-state index contributed by atoms with van der Waals surface area (Å²) in [5, 5.41) is 14.2. The second kappa shape index (κ2) is 17.3. The SMILES string of the molecule is CC[C@H]1OC(=O)CC(=O)[C@H](C)[C@@H](O[C@@H]2O[C@H](C)C[C@H](N(C)C)[C@H]2O)[C@@H](C)[C@@H](OC/C=C/c2cccc3nccnc23)[C@@H](C)C(=O)[C@H](C)C2NC(=O)O[C@@]21C. The average molecular weight is 753 g/mol. The highest BCUT2D eigenvalue weighted by Gasteiger charge is 2.56. The van der Waals surface area contributed by atoms with Gasteiger partial charge in [-0.15, -0.1) is 0 Å². The van der Waals surface area contributed by atoms with Crippen molar-refractivity contribution in [3.05, 3.63) is 42.2 Å². The maximum atomic E-state index is 14.6. The molecule has 14 heteroatoms. The van der Waals surface area contributed by atoms with Gasteiger partial charge in [0, 0.05) is 47.7 Å². The number of ether oxygens (including phenoxy) is 5. The van der Waals surface area contributed by atoms with Crippen molar-refractivity contribution >= 4 is 40.7 Å². The molecular weight excluding hydrogens is 696 g/mol. The molecule has 1 aromatic heterocycles. The van der Waals surface area contributed by atoms with Crippen LogP contribution in [-0.2, 0) is 38.1 Å². The van der Waals surface area contributed by atoms with Gasteiger partial charge in [-0.1, -0.05) is 58.9 Å². The maximum absolute atomic E-state index is 14.6. The zero-order valence-corrected chi connectivity index (χ0v) is 32.8. The molecule has 14 nitrogen and oxygen atoms in total. The van der Waals surface area contributed by atoms with Gasteiger partial charge in [0.25, 0.3) is 0 Å². The van der Waals surface area contributed by atoms with Gasteiger partial charge in [0.1, 0.15) is 30.2 Å². The molecule has 0 spiro atoms. The third-order valence-electron chi connectivity index (χ3n) is 11.5. The summed E-state index contributed by atoms with van der Waals surface area (Å²) in [4.78, 5) is 65.4. The Morgan fingerprint density at radius 3 is 2.44 bits per heavy atom. The van der Waals surface area contributed by atoms with E-state index in [1.165, 1.54) is 0 Å². The number of hydrogen-bond donors (Lipinski definition) is 2. The lowest BCUT2D eigenvalue weighted by atomic mass is 9.74. The molecule has 3 aliphatic rings. The number of amides is 1. The van der Waals surface area contributed by atoms with Crippen molar-refractivity contribution in [2.24, 2.45) is 23.7 Å². The van der Waals surface area contributed by atoms with Gasteiger partial charge >= 0.3 is 12.1 Å². The van der Waals surface area contributed by atoms with E-state index in [0.717, 1.165) is 16.6 Å². The van der Waals surface area contributed by atoms with Gasteiger partial charge in [0.15, 0.2) is 11.9 Å². The second-order valence-electron chi connectivity index (χ2n) is 15.5. The molecule has 0 aliphatic carbocycles. The Labute approximate surface area is 317 Å². The highest BCUT2D eigenvalue weighted by atomic mass is 16.7. The zero-order valence-electron chi connectivity index (χ0n) is 32.8. The molecule has 2 N–H and O–H groups in total. The van der Waals surface area contributed by atoms with E-state index in [1.54, 1.807) is 47.0 Å². The van der Waals surface area contributed by atoms with Crippen LogP contribution in [0, 0.1) is 23.7 Å². The number of rotatable bonds is 8. The molecule has 1 unspecified atom stereocenters. The van der Waals surface area contributed by atoms with Crippen molar-refractivity contribution < 1.29 is 48.0 Å². The number of para-hydroxylation sites is 1. The maximum Gasteiger partial charge on any atom is 0.408 e. The normalized spacial score (nSPS) is 37.2. The van der Waals surface area contributed by atoms with Crippen LogP contribution < -0.4 is 5.32 Å². The van der Waals surface area contributed by atoms with E-state index in [-0.39, 0.29) is 31.0 Å². The van der Waals surface area contributed by atoms with Crippen molar-refractivity contribution in [3.63, 3.8) is 0 Å². The number of esters is 1. The lowest BCUT2D eigenvalue weighted by Crippen LogP contribution is -2.58. The molecule has 0 bridgehead atoms. The van der Waals surface area contributed by atoms with Crippen LogP contribution in [0.2, 0.25) is 0 Å². The van der Waals surface area contributed by atoms with Crippen LogP contribution in [-0.4, -0.2) is 119 Å². The Bertz CT molecular complexity index is 1700. The molecule has 296 valence electrons. The Morgan fingerprint density at radius 2 is 1.74 bits per heavy atom. The van der Waals surface area contributed by atoms with Crippen LogP contribution >= 0.6 is 0 Å². The minimum Gasteiger partial charge on any atom is -0.458 e. The quantitative estimate of drug-likeness (QED) is 0.291. The van der Waals surface area contributed by atoms with Crippen molar-refractivity contribution in [3.8, 4) is 0 Å². The lowest BCUT2D eigenvalue weighted by molar-refractivity contribution is -0.281. The molecule has 5 rings (SSSR count). The first-order valence-corrected chi connectivity index (χ1v) is 19.0. The number of aliphatic hydroxyl groups excluding tert-OH is 1. The summed E-state index contributed by atoms with van der Waals surface area (Å²) < 4.78 is 30.9. The van der Waals surface area contributed by atoms with E-state index in [1.807, 2.05) is 63.2 Å². The van der Waals surface area contributed by atoms with Crippen LogP contribution in [0.25, 0.3) is 17.1 Å². The van der Waals surface area contributed by atoms with Crippen LogP contribution in [0.3, 0.4) is 0 Å². The summed E-state index contributed by atoms with van der Waals surface area (Å²) >= 11 is 0. The van der Waals surface area contributed by atoms with Crippen molar-refractivity contribution in [2.75, 3.05) is 20.7 Å². The molecular formula is C40H56N4O10. The third-order valence-corrected chi connectivity index (χ3v) is 11.5. The molecule has 54 heavy (non-hydrogen) atoms. The van der Waals surface area contributed by atoms with Gasteiger partial charge in [-0.25, -0.2) is 4.79 Å². The minimum absolute atomic E-state index is 0.0836. The Balaban J connectivity index is 1.53. The molecule has 3 aliphatic heterocycles. The summed E-state index contributed by atoms with van der Waals surface area (Å²) in [6.07, 6.45) is 1.34. The Kier molecular flexibility index (Phi) is 13.3. The minimum atomic E-state index is -1.39. The summed E-state index contributed by atoms with van der Waals surface area (Å²) in [6, 6.07) is 4.56. The number of aromatic nitrogens is 2. The number of carbonyl (C=O) groups is 4. The molecule has 3 fully saturated rings. The summed E-state index contributed by atoms with van der Waals surface area (Å²) in [6.45, 7) is 12.4. The summed E-state index contributed by atoms with van der Waals surface area (Å²) in [5.41, 5.74) is 0.920. The molecule has 2 aromatic rings. The number of fused-ring (bicyclic) bond motifs is 2. The number of alkyl carbamates (subject to hydrolysis) is 1. The highest BCUT2D eigenvalue weighted by Crippen LogP contribution is 2.38. The number of benzene rings is 1. The fourth-order valence-corrected chi connectivity index (χ4v) is 8.42. The Morgan fingerprint density at radius 1 is 1.02 bits per heavy atom. The van der Waals surface area contributed by atoms with Gasteiger partial charge in [0.2, 0.25) is 0 Å². The highest BCUT2D eigenvalue weighted by molar-refractivity contribution is 5.97. The van der Waals surface area contributed by atoms with Crippen LogP contribution in [0.5, 0.6) is 0 Å². The summed E-state index contributed by atoms with van der Waals surface area (Å²) in [5.74, 6) is -4.61. The van der Waals surface area contributed by atoms with E-state index in [9.17, 15) is 24.3 Å². The van der Waals surface area contributed by atoms with Crippen molar-refractivity contribution in [2.45, 2.75) is 122 Å². The number of hydrogen-bond acceptors (Lipinski definition) is 13. The van der Waals surface area contributed by atoms with Gasteiger partial charge in [-0.05, 0) is 46.9 Å². The van der Waals surface area contributed by atoms with Gasteiger partial charge in [-0.2, -0.15) is 0 Å². The topological polar surface area (TPSA) is 176 Å². The van der Waals surface area contributed by atoms with E-state index in [4.69, 9.17) is 23.7 Å². The first kappa shape index (κ1) is 41.3. The molecule has 4 heterocycles. The Hall–Kier alpha value is -3.82. The monoisotopic (exact) mass is 752 g/mol. The standard InChI is InChI=1S/C40H56N4O10/c1-10-30-40(7)37(43-39(49)54-40)24(5)33(47)23(4)35(50-18-12-14-26-13-11-15-27-32(26)42-17-16-41-27)25(6)36(22(3)29(45)20-31(46)52-30)53-38-34(48)28(44(8)9)19-21(2)51-38/h11-17,21-25,28,30,34-38,48H,10,18-20H2,1-9H3,(H,43,49)/b14-12+/t21-,22+,23+,24+,25+,28+,30-,34-,35+,36-,37?,38+,40-/m1/s1. The average Bonchev–Trinajstić information content (AvgIpc) is 3.46. The summed E-state index contributed by atoms with van der Waals surface area (Å²) in [7, 11) is 3.74. The molecule has 0 saturated carbocycles. The molecule has 13 atom stereocenters. The van der Waals surface area contributed by atoms with E-state index in [0.29, 0.717) is 6.42 Å². The number of ketones is 2. The number of Topliss-reactive ketones (excluding diaryl/α,β-unsaturated/α-hetero) is 2. The molecule has 1 amide bonds. The number of nitrogens with one attached hydrogen (secondary N) is 1. The van der Waals surface area contributed by atoms with Gasteiger partial charge in [0.05, 0.1) is 42.0 Å². The van der Waals surface area contributed by atoms with Crippen molar-refractivity contribution in [1.82, 2.24) is 20.2 Å². The number of likely N-dealkylation sites (N-methyl/N-ethyl adjacent to an activating group) is 1. The van der Waals surface area contributed by atoms with Gasteiger partial charge in [-0.3, -0.25) is 24.4 Å². The van der Waals surface area contributed by atoms with E-state index in [2.05, 4.69) is 15.3 Å². The molecule has 0 radical (unpaired) electrons. The van der Waals surface area contributed by atoms with Crippen LogP contribution in [0.15, 0.2) is 36.7 Å². The van der Waals surface area contributed by atoms with E-state index >= 15 is 0 Å². The fraction of sp³-hybridized carbons (Fsp3) is 0.650. The largest absolute Gasteiger partial charge is 0.458 e. The number of nitrogens with zero attached hydrogens (tertiary/aromatic N) is 3. The second-order valence-corrected chi connectivity index (χ2v) is 15.5. The molecule has 1 aromatic carbocycles. The van der Waals surface area contributed by atoms with Gasteiger partial charge < -0.3 is 39.0 Å². The van der Waals surface area contributed by atoms with Crippen LogP contribution in [0.4, 0.5) is 4.79 Å². The number of aliphatic hydroxyl groups is 1. The first-order chi connectivity index (χ1) is 25.6. The predicted molar refractivity (Wildman–Crippen MR) is 199 cm³/mol. The smallest absolute Gasteiger partial charge is 0.408 e. The fourth-order valence-electron chi connectivity index (χ4n) is 8.42.